The summed E-state index contributed by atoms with van der Waals surface area (Å²) in [6, 6.07) is 4.95. The van der Waals surface area contributed by atoms with Gasteiger partial charge in [-0.15, -0.1) is 13.2 Å². The van der Waals surface area contributed by atoms with Crippen molar-refractivity contribution in [3.63, 3.8) is 0 Å². The van der Waals surface area contributed by atoms with E-state index >= 15 is 0 Å². The molecule has 2 heterocycles. The fourth-order valence-electron chi connectivity index (χ4n) is 2.97. The Labute approximate surface area is 162 Å². The van der Waals surface area contributed by atoms with Crippen molar-refractivity contribution in [3.8, 4) is 11.5 Å². The Balaban J connectivity index is 1.88. The fraction of sp³-hybridized carbons (Fsp3) is 0.412. The molecule has 0 amide bonds. The second-order valence-corrected chi connectivity index (χ2v) is 6.32. The lowest BCUT2D eigenvalue weighted by Gasteiger charge is -2.22. The highest BCUT2D eigenvalue weighted by Crippen LogP contribution is 2.31. The van der Waals surface area contributed by atoms with Crippen molar-refractivity contribution >= 4 is 11.5 Å². The van der Waals surface area contributed by atoms with Crippen LogP contribution >= 0.6 is 0 Å². The van der Waals surface area contributed by atoms with Gasteiger partial charge in [-0.05, 0) is 18.6 Å². The molecule has 1 aromatic heterocycles. The molecule has 0 saturated carbocycles. The van der Waals surface area contributed by atoms with Crippen LogP contribution in [0.3, 0.4) is 0 Å². The first-order valence-corrected chi connectivity index (χ1v) is 8.59. The molecule has 12 heteroatoms. The second kappa shape index (κ2) is 7.70. The number of hydrogen-bond donors (Lipinski definition) is 2. The number of benzene rings is 1. The molecular weight excluding hydrogens is 397 g/mol. The predicted octanol–water partition coefficient (Wildman–Crippen LogP) is 1.05. The maximum absolute atomic E-state index is 12.7. The topological polar surface area (TPSA) is 98.0 Å². The molecule has 3 rings (SSSR count). The highest BCUT2D eigenvalue weighted by atomic mass is 19.4. The Hall–Kier alpha value is -3.15. The van der Waals surface area contributed by atoms with Crippen molar-refractivity contribution in [2.75, 3.05) is 23.9 Å². The smallest absolute Gasteiger partial charge is 0.452 e. The number of aliphatic hydroxyl groups excluding tert-OH is 1. The molecule has 0 saturated heterocycles. The Morgan fingerprint density at radius 3 is 2.55 bits per heavy atom. The van der Waals surface area contributed by atoms with Crippen LogP contribution in [0.5, 0.6) is 11.5 Å². The number of anilines is 2. The van der Waals surface area contributed by atoms with E-state index in [0.29, 0.717) is 0 Å². The molecule has 0 bridgehead atoms. The SMILES string of the molecule is CN1c2c(n(C)c(=O)n(CCCO)c2=O)NC1Oc1cccc(OC(F)(F)F)c1. The van der Waals surface area contributed by atoms with Crippen LogP contribution in [-0.2, 0) is 13.6 Å². The number of alkyl halides is 3. The molecular formula is C17H19F3N4O5. The molecule has 9 nitrogen and oxygen atoms in total. The molecule has 2 aromatic rings. The summed E-state index contributed by atoms with van der Waals surface area (Å²) >= 11 is 0. The number of nitrogens with one attached hydrogen (secondary N) is 1. The van der Waals surface area contributed by atoms with Gasteiger partial charge in [-0.3, -0.25) is 13.9 Å². The van der Waals surface area contributed by atoms with Gasteiger partial charge in [-0.1, -0.05) is 6.07 Å². The van der Waals surface area contributed by atoms with Gasteiger partial charge in [0.25, 0.3) is 11.9 Å². The summed E-state index contributed by atoms with van der Waals surface area (Å²) in [6.07, 6.45) is -5.55. The van der Waals surface area contributed by atoms with Crippen molar-refractivity contribution in [2.24, 2.45) is 7.05 Å². The fourth-order valence-corrected chi connectivity index (χ4v) is 2.97. The minimum absolute atomic E-state index is 0.0471. The quantitative estimate of drug-likeness (QED) is 0.727. The van der Waals surface area contributed by atoms with Gasteiger partial charge in [0.05, 0.1) is 0 Å². The zero-order valence-corrected chi connectivity index (χ0v) is 15.6. The minimum Gasteiger partial charge on any atom is -0.452 e. The molecule has 158 valence electrons. The number of ether oxygens (including phenoxy) is 2. The molecule has 0 fully saturated rings. The number of hydrogen-bond acceptors (Lipinski definition) is 7. The van der Waals surface area contributed by atoms with E-state index in [1.165, 1.54) is 28.6 Å². The lowest BCUT2D eigenvalue weighted by Crippen LogP contribution is -2.42. The zero-order valence-electron chi connectivity index (χ0n) is 15.6. The van der Waals surface area contributed by atoms with Crippen LogP contribution in [0.2, 0.25) is 0 Å². The van der Waals surface area contributed by atoms with E-state index in [-0.39, 0.29) is 36.8 Å². The van der Waals surface area contributed by atoms with E-state index in [0.717, 1.165) is 16.7 Å². The summed E-state index contributed by atoms with van der Waals surface area (Å²) in [5, 5.41) is 11.9. The lowest BCUT2D eigenvalue weighted by molar-refractivity contribution is -0.274. The van der Waals surface area contributed by atoms with Crippen molar-refractivity contribution in [1.29, 1.82) is 0 Å². The summed E-state index contributed by atoms with van der Waals surface area (Å²) < 4.78 is 49.0. The van der Waals surface area contributed by atoms with Gasteiger partial charge in [0.2, 0.25) is 0 Å². The summed E-state index contributed by atoms with van der Waals surface area (Å²) in [7, 11) is 3.01. The molecule has 1 unspecified atom stereocenters. The van der Waals surface area contributed by atoms with Crippen LogP contribution in [0.1, 0.15) is 6.42 Å². The number of aromatic nitrogens is 2. The number of halogens is 3. The second-order valence-electron chi connectivity index (χ2n) is 6.32. The van der Waals surface area contributed by atoms with Gasteiger partial charge in [-0.25, -0.2) is 4.79 Å². The Kier molecular flexibility index (Phi) is 5.46. The highest BCUT2D eigenvalue weighted by molar-refractivity contribution is 5.71. The van der Waals surface area contributed by atoms with E-state index in [1.807, 2.05) is 0 Å². The summed E-state index contributed by atoms with van der Waals surface area (Å²) in [4.78, 5) is 26.6. The Morgan fingerprint density at radius 2 is 1.90 bits per heavy atom. The van der Waals surface area contributed by atoms with Gasteiger partial charge in [0, 0.05) is 33.3 Å². The average molecular weight is 416 g/mol. The van der Waals surface area contributed by atoms with Crippen molar-refractivity contribution in [2.45, 2.75) is 25.7 Å². The van der Waals surface area contributed by atoms with Crippen molar-refractivity contribution < 1.29 is 27.8 Å². The molecule has 1 atom stereocenters. The first kappa shape index (κ1) is 20.6. The van der Waals surface area contributed by atoms with Crippen LogP contribution in [0.4, 0.5) is 24.7 Å². The first-order chi connectivity index (χ1) is 13.6. The summed E-state index contributed by atoms with van der Waals surface area (Å²) in [6.45, 7) is -0.131. The van der Waals surface area contributed by atoms with E-state index in [9.17, 15) is 22.8 Å². The molecule has 29 heavy (non-hydrogen) atoms. The number of rotatable bonds is 6. The monoisotopic (exact) mass is 416 g/mol. The first-order valence-electron chi connectivity index (χ1n) is 8.59. The lowest BCUT2D eigenvalue weighted by atomic mass is 10.3. The van der Waals surface area contributed by atoms with E-state index in [1.54, 1.807) is 7.05 Å². The van der Waals surface area contributed by atoms with Gasteiger partial charge >= 0.3 is 12.1 Å². The minimum atomic E-state index is -4.84. The third-order valence-corrected chi connectivity index (χ3v) is 4.32. The van der Waals surface area contributed by atoms with Crippen molar-refractivity contribution in [1.82, 2.24) is 9.13 Å². The molecule has 1 aromatic carbocycles. The average Bonchev–Trinajstić information content (AvgIpc) is 2.95. The zero-order chi connectivity index (χ0) is 21.3. The number of aliphatic hydroxyl groups is 1. The van der Waals surface area contributed by atoms with Gasteiger partial charge in [0.1, 0.15) is 23.0 Å². The van der Waals surface area contributed by atoms with Crippen LogP contribution < -0.4 is 30.9 Å². The third-order valence-electron chi connectivity index (χ3n) is 4.32. The summed E-state index contributed by atoms with van der Waals surface area (Å²) in [5.41, 5.74) is -0.964. The predicted molar refractivity (Wildman–Crippen MR) is 97.2 cm³/mol. The Bertz CT molecular complexity index is 1020. The molecule has 1 aliphatic rings. The number of fused-ring (bicyclic) bond motifs is 1. The molecule has 1 aliphatic heterocycles. The largest absolute Gasteiger partial charge is 0.573 e. The van der Waals surface area contributed by atoms with Crippen LogP contribution in [0.15, 0.2) is 33.9 Å². The maximum atomic E-state index is 12.7. The van der Waals surface area contributed by atoms with E-state index in [4.69, 9.17) is 9.84 Å². The standard InChI is InChI=1S/C17H19F3N4O5/c1-22-12-13(23(2)16(27)24(14(12)26)7-4-8-25)21-15(22)28-10-5-3-6-11(9-10)29-17(18,19)20/h3,5-6,9,15,21,25H,4,7-8H2,1-2H3. The van der Waals surface area contributed by atoms with Gasteiger partial charge in [0.15, 0.2) is 0 Å². The maximum Gasteiger partial charge on any atom is 0.573 e. The molecule has 0 spiro atoms. The third kappa shape index (κ3) is 4.16. The normalized spacial score (nSPS) is 15.8. The summed E-state index contributed by atoms with van der Waals surface area (Å²) in [5.74, 6) is -0.170. The van der Waals surface area contributed by atoms with Crippen LogP contribution in [0, 0.1) is 0 Å². The van der Waals surface area contributed by atoms with Crippen LogP contribution in [-0.4, -0.2) is 40.6 Å². The van der Waals surface area contributed by atoms with E-state index < -0.39 is 29.7 Å². The van der Waals surface area contributed by atoms with Crippen molar-refractivity contribution in [3.05, 3.63) is 45.1 Å². The van der Waals surface area contributed by atoms with Gasteiger partial charge < -0.3 is 24.8 Å². The Morgan fingerprint density at radius 1 is 1.21 bits per heavy atom. The molecule has 2 N–H and O–H groups in total. The highest BCUT2D eigenvalue weighted by Gasteiger charge is 2.34. The van der Waals surface area contributed by atoms with Gasteiger partial charge in [-0.2, -0.15) is 0 Å². The van der Waals surface area contributed by atoms with E-state index in [2.05, 4.69) is 10.1 Å². The molecule has 0 radical (unpaired) electrons. The number of nitrogens with zero attached hydrogens (tertiary/aromatic N) is 3. The molecule has 0 aliphatic carbocycles. The van der Waals surface area contributed by atoms with Crippen LogP contribution in [0.25, 0.3) is 0 Å².